The molecule has 0 radical (unpaired) electrons. The maximum absolute atomic E-state index is 13.5. The molecule has 2 heterocycles. The van der Waals surface area contributed by atoms with Crippen molar-refractivity contribution >= 4 is 17.4 Å². The van der Waals surface area contributed by atoms with Gasteiger partial charge in [-0.2, -0.15) is 0 Å². The number of halogens is 2. The summed E-state index contributed by atoms with van der Waals surface area (Å²) < 4.78 is 13.5. The predicted molar refractivity (Wildman–Crippen MR) is 119 cm³/mol. The molecule has 1 aromatic carbocycles. The van der Waals surface area contributed by atoms with Crippen LogP contribution in [0.4, 0.5) is 10.2 Å². The molecule has 0 amide bonds. The van der Waals surface area contributed by atoms with Gasteiger partial charge in [0.2, 0.25) is 0 Å². The van der Waals surface area contributed by atoms with E-state index in [2.05, 4.69) is 20.4 Å². The summed E-state index contributed by atoms with van der Waals surface area (Å²) in [5.41, 5.74) is 1.16. The SMILES string of the molecule is Fc1ccc(Cl)c(-c2ccc(N[C@H]3C[C@@H]4CN(C5CCCCCC5)C[C@@H]4C3)nn2)c1. The first kappa shape index (κ1) is 20.2. The van der Waals surface area contributed by atoms with Gasteiger partial charge in [-0.3, -0.25) is 4.90 Å². The number of hydrogen-bond acceptors (Lipinski definition) is 4. The smallest absolute Gasteiger partial charge is 0.148 e. The van der Waals surface area contributed by atoms with Gasteiger partial charge in [-0.1, -0.05) is 37.3 Å². The lowest BCUT2D eigenvalue weighted by Gasteiger charge is -2.28. The maximum atomic E-state index is 13.5. The number of nitrogens with one attached hydrogen (secondary N) is 1. The lowest BCUT2D eigenvalue weighted by atomic mass is 10.0. The average Bonchev–Trinajstić information content (AvgIpc) is 3.17. The van der Waals surface area contributed by atoms with Crippen LogP contribution in [0.15, 0.2) is 30.3 Å². The summed E-state index contributed by atoms with van der Waals surface area (Å²) >= 11 is 6.19. The van der Waals surface area contributed by atoms with Gasteiger partial charge in [-0.15, -0.1) is 10.2 Å². The molecule has 6 heteroatoms. The topological polar surface area (TPSA) is 41.0 Å². The first-order valence-corrected chi connectivity index (χ1v) is 11.8. The molecule has 0 unspecified atom stereocenters. The second-order valence-electron chi connectivity index (χ2n) is 9.36. The Morgan fingerprint density at radius 1 is 0.933 bits per heavy atom. The van der Waals surface area contributed by atoms with Gasteiger partial charge in [-0.05, 0) is 67.9 Å². The van der Waals surface area contributed by atoms with E-state index < -0.39 is 0 Å². The van der Waals surface area contributed by atoms with E-state index in [1.807, 2.05) is 12.1 Å². The van der Waals surface area contributed by atoms with Crippen LogP contribution in [0, 0.1) is 17.7 Å². The average molecular weight is 429 g/mol. The molecule has 1 aliphatic heterocycles. The first-order chi connectivity index (χ1) is 14.7. The highest BCUT2D eigenvalue weighted by Gasteiger charge is 2.42. The molecule has 2 saturated carbocycles. The van der Waals surface area contributed by atoms with E-state index in [1.54, 1.807) is 6.07 Å². The van der Waals surface area contributed by atoms with Crippen molar-refractivity contribution in [3.05, 3.63) is 41.2 Å². The molecule has 1 saturated heterocycles. The Kier molecular flexibility index (Phi) is 5.92. The van der Waals surface area contributed by atoms with Crippen molar-refractivity contribution in [3.8, 4) is 11.3 Å². The largest absolute Gasteiger partial charge is 0.366 e. The second kappa shape index (κ2) is 8.80. The molecule has 1 N–H and O–H groups in total. The summed E-state index contributed by atoms with van der Waals surface area (Å²) in [5.74, 6) is 2.08. The molecule has 160 valence electrons. The molecule has 3 atom stereocenters. The van der Waals surface area contributed by atoms with E-state index in [9.17, 15) is 4.39 Å². The van der Waals surface area contributed by atoms with Gasteiger partial charge in [-0.25, -0.2) is 4.39 Å². The minimum atomic E-state index is -0.325. The quantitative estimate of drug-likeness (QED) is 0.626. The monoisotopic (exact) mass is 428 g/mol. The third-order valence-electron chi connectivity index (χ3n) is 7.34. The van der Waals surface area contributed by atoms with Crippen LogP contribution in [0.1, 0.15) is 51.4 Å². The van der Waals surface area contributed by atoms with Crippen molar-refractivity contribution in [1.82, 2.24) is 15.1 Å². The van der Waals surface area contributed by atoms with Crippen LogP contribution >= 0.6 is 11.6 Å². The lowest BCUT2D eigenvalue weighted by molar-refractivity contribution is 0.204. The molecule has 0 bridgehead atoms. The number of benzene rings is 1. The summed E-state index contributed by atoms with van der Waals surface area (Å²) in [7, 11) is 0. The summed E-state index contributed by atoms with van der Waals surface area (Å²) in [6, 6.07) is 9.39. The Bertz CT molecular complexity index is 852. The van der Waals surface area contributed by atoms with E-state index in [4.69, 9.17) is 11.6 Å². The third kappa shape index (κ3) is 4.33. The molecule has 5 rings (SSSR count). The normalized spacial score (nSPS) is 27.7. The lowest BCUT2D eigenvalue weighted by Crippen LogP contribution is -2.34. The molecule has 3 fully saturated rings. The van der Waals surface area contributed by atoms with Crippen molar-refractivity contribution in [2.75, 3.05) is 18.4 Å². The highest BCUT2D eigenvalue weighted by Crippen LogP contribution is 2.41. The van der Waals surface area contributed by atoms with Crippen LogP contribution in [0.25, 0.3) is 11.3 Å². The Hall–Kier alpha value is -1.72. The highest BCUT2D eigenvalue weighted by molar-refractivity contribution is 6.33. The van der Waals surface area contributed by atoms with Crippen molar-refractivity contribution in [3.63, 3.8) is 0 Å². The van der Waals surface area contributed by atoms with E-state index in [-0.39, 0.29) is 5.82 Å². The van der Waals surface area contributed by atoms with E-state index in [0.29, 0.717) is 22.3 Å². The van der Waals surface area contributed by atoms with Crippen LogP contribution in [-0.4, -0.2) is 40.3 Å². The molecule has 0 spiro atoms. The standard InChI is InChI=1S/C24H30ClFN4/c25-22-8-7-18(26)13-21(22)23-9-10-24(29-28-23)27-19-11-16-14-30(15-17(16)12-19)20-5-3-1-2-4-6-20/h7-10,13,16-17,19-20H,1-6,11-12,14-15H2,(H,27,29)/t16-,17+,19+. The second-order valence-corrected chi connectivity index (χ2v) is 9.77. The van der Waals surface area contributed by atoms with Crippen LogP contribution in [0.2, 0.25) is 5.02 Å². The zero-order valence-electron chi connectivity index (χ0n) is 17.4. The fourth-order valence-corrected chi connectivity index (χ4v) is 6.05. The third-order valence-corrected chi connectivity index (χ3v) is 7.67. The Morgan fingerprint density at radius 2 is 1.67 bits per heavy atom. The fraction of sp³-hybridized carbons (Fsp3) is 0.583. The Labute approximate surface area is 183 Å². The Balaban J connectivity index is 1.17. The van der Waals surface area contributed by atoms with Gasteiger partial charge in [0.25, 0.3) is 0 Å². The highest BCUT2D eigenvalue weighted by atomic mass is 35.5. The van der Waals surface area contributed by atoms with Gasteiger partial charge in [0.1, 0.15) is 11.6 Å². The number of anilines is 1. The fourth-order valence-electron chi connectivity index (χ4n) is 5.83. The van der Waals surface area contributed by atoms with Crippen molar-refractivity contribution in [2.24, 2.45) is 11.8 Å². The van der Waals surface area contributed by atoms with E-state index >= 15 is 0 Å². The Morgan fingerprint density at radius 3 is 2.33 bits per heavy atom. The van der Waals surface area contributed by atoms with Gasteiger partial charge in [0, 0.05) is 30.7 Å². The van der Waals surface area contributed by atoms with Gasteiger partial charge in [0.05, 0.1) is 10.7 Å². The molecular weight excluding hydrogens is 399 g/mol. The van der Waals surface area contributed by atoms with Crippen LogP contribution in [-0.2, 0) is 0 Å². The number of rotatable bonds is 4. The summed E-state index contributed by atoms with van der Waals surface area (Å²) in [4.78, 5) is 2.80. The molecule has 1 aromatic heterocycles. The molecule has 4 nitrogen and oxygen atoms in total. The molecule has 30 heavy (non-hydrogen) atoms. The van der Waals surface area contributed by atoms with Crippen molar-refractivity contribution in [1.29, 1.82) is 0 Å². The summed E-state index contributed by atoms with van der Waals surface area (Å²) in [6.07, 6.45) is 10.9. The predicted octanol–water partition coefficient (Wildman–Crippen LogP) is 5.78. The number of hydrogen-bond donors (Lipinski definition) is 1. The van der Waals surface area contributed by atoms with E-state index in [0.717, 1.165) is 23.7 Å². The minimum Gasteiger partial charge on any atom is -0.366 e. The molecular formula is C24H30ClFN4. The number of likely N-dealkylation sites (tertiary alicyclic amines) is 1. The summed E-state index contributed by atoms with van der Waals surface area (Å²) in [5, 5.41) is 12.7. The number of aromatic nitrogens is 2. The molecule has 2 aliphatic carbocycles. The van der Waals surface area contributed by atoms with Gasteiger partial charge in [0.15, 0.2) is 0 Å². The zero-order valence-corrected chi connectivity index (χ0v) is 18.1. The van der Waals surface area contributed by atoms with Crippen LogP contribution in [0.5, 0.6) is 0 Å². The van der Waals surface area contributed by atoms with Crippen LogP contribution in [0.3, 0.4) is 0 Å². The molecule has 3 aliphatic rings. The van der Waals surface area contributed by atoms with Gasteiger partial charge < -0.3 is 5.32 Å². The van der Waals surface area contributed by atoms with Gasteiger partial charge >= 0.3 is 0 Å². The van der Waals surface area contributed by atoms with Crippen LogP contribution < -0.4 is 5.32 Å². The number of nitrogens with zero attached hydrogens (tertiary/aromatic N) is 3. The first-order valence-electron chi connectivity index (χ1n) is 11.5. The van der Waals surface area contributed by atoms with E-state index in [1.165, 1.54) is 76.6 Å². The maximum Gasteiger partial charge on any atom is 0.148 e. The van der Waals surface area contributed by atoms with Crippen molar-refractivity contribution in [2.45, 2.75) is 63.5 Å². The zero-order chi connectivity index (χ0) is 20.5. The summed E-state index contributed by atoms with van der Waals surface area (Å²) in [6.45, 7) is 2.55. The minimum absolute atomic E-state index is 0.325. The van der Waals surface area contributed by atoms with Crippen molar-refractivity contribution < 1.29 is 4.39 Å². The molecule has 2 aromatic rings. The number of fused-ring (bicyclic) bond motifs is 1.